The Balaban J connectivity index is 2.06. The van der Waals surface area contributed by atoms with Gasteiger partial charge in [-0.2, -0.15) is 0 Å². The highest BCUT2D eigenvalue weighted by atomic mass is 32.2. The van der Waals surface area contributed by atoms with Gasteiger partial charge in [-0.05, 0) is 5.56 Å². The van der Waals surface area contributed by atoms with E-state index in [-0.39, 0.29) is 5.75 Å². The molecule has 0 radical (unpaired) electrons. The third-order valence-corrected chi connectivity index (χ3v) is 3.17. The second-order valence-electron chi connectivity index (χ2n) is 3.48. The number of carbonyl (C=O) groups is 1. The van der Waals surface area contributed by atoms with Gasteiger partial charge in [0.05, 0.1) is 5.97 Å². The molecule has 4 nitrogen and oxygen atoms in total. The number of carbonyl (C=O) groups excluding carboxylic acids is 1. The van der Waals surface area contributed by atoms with E-state index in [0.717, 1.165) is 5.56 Å². The van der Waals surface area contributed by atoms with Gasteiger partial charge in [-0.15, -0.1) is 0 Å². The van der Waals surface area contributed by atoms with E-state index in [1.165, 1.54) is 11.8 Å². The molecule has 88 valence electrons. The first kappa shape index (κ1) is 11.7. The Kier molecular flexibility index (Phi) is 3.82. The van der Waals surface area contributed by atoms with Crippen LogP contribution in [0.15, 0.2) is 47.9 Å². The van der Waals surface area contributed by atoms with Crippen molar-refractivity contribution in [2.75, 3.05) is 5.75 Å². The minimum atomic E-state index is -1.08. The minimum Gasteiger partial charge on any atom is -0.549 e. The van der Waals surface area contributed by atoms with Crippen molar-refractivity contribution in [1.82, 2.24) is 9.55 Å². The van der Waals surface area contributed by atoms with Gasteiger partial charge in [0.15, 0.2) is 5.16 Å². The molecular weight excluding hydrogens is 236 g/mol. The minimum absolute atomic E-state index is 0.0776. The third kappa shape index (κ3) is 3.35. The number of aliphatic carboxylic acids is 1. The molecule has 0 spiro atoms. The molecular formula is C12H11N2O2S-. The summed E-state index contributed by atoms with van der Waals surface area (Å²) in [6.45, 7) is 0.691. The van der Waals surface area contributed by atoms with E-state index in [2.05, 4.69) is 4.98 Å². The molecule has 0 aliphatic carbocycles. The van der Waals surface area contributed by atoms with Crippen LogP contribution < -0.4 is 5.11 Å². The molecule has 0 N–H and O–H groups in total. The van der Waals surface area contributed by atoms with E-state index in [0.29, 0.717) is 11.7 Å². The predicted molar refractivity (Wildman–Crippen MR) is 63.5 cm³/mol. The van der Waals surface area contributed by atoms with Crippen molar-refractivity contribution in [1.29, 1.82) is 0 Å². The summed E-state index contributed by atoms with van der Waals surface area (Å²) in [5.41, 5.74) is 1.15. The zero-order valence-corrected chi connectivity index (χ0v) is 9.89. The van der Waals surface area contributed by atoms with Crippen molar-refractivity contribution in [3.63, 3.8) is 0 Å². The number of thioether (sulfide) groups is 1. The fourth-order valence-corrected chi connectivity index (χ4v) is 2.13. The molecule has 0 fully saturated rings. The average Bonchev–Trinajstić information content (AvgIpc) is 2.75. The van der Waals surface area contributed by atoms with Crippen LogP contribution in [0.25, 0.3) is 0 Å². The number of imidazole rings is 1. The molecule has 2 aromatic rings. The molecule has 0 aliphatic rings. The largest absolute Gasteiger partial charge is 0.549 e. The number of aromatic nitrogens is 2. The molecule has 0 atom stereocenters. The number of hydrogen-bond acceptors (Lipinski definition) is 4. The standard InChI is InChI=1S/C12H12N2O2S/c15-11(16)9-17-12-13-6-7-14(12)8-10-4-2-1-3-5-10/h1-7H,8-9H2,(H,15,16)/p-1. The number of benzene rings is 1. The van der Waals surface area contributed by atoms with Crippen LogP contribution >= 0.6 is 11.8 Å². The van der Waals surface area contributed by atoms with E-state index in [9.17, 15) is 9.90 Å². The molecule has 2 rings (SSSR count). The summed E-state index contributed by atoms with van der Waals surface area (Å²) in [4.78, 5) is 14.5. The summed E-state index contributed by atoms with van der Waals surface area (Å²) in [5, 5.41) is 11.1. The molecule has 0 saturated carbocycles. The summed E-state index contributed by atoms with van der Waals surface area (Å²) in [5.74, 6) is -1.16. The number of hydrogen-bond donors (Lipinski definition) is 0. The van der Waals surface area contributed by atoms with Crippen LogP contribution in [0.3, 0.4) is 0 Å². The second-order valence-corrected chi connectivity index (χ2v) is 4.43. The number of rotatable bonds is 5. The van der Waals surface area contributed by atoms with Crippen LogP contribution in [0.2, 0.25) is 0 Å². The smallest absolute Gasteiger partial charge is 0.168 e. The summed E-state index contributed by atoms with van der Waals surface area (Å²) < 4.78 is 1.92. The highest BCUT2D eigenvalue weighted by molar-refractivity contribution is 7.99. The predicted octanol–water partition coefficient (Wildman–Crippen LogP) is 0.773. The van der Waals surface area contributed by atoms with Crippen LogP contribution in [0.4, 0.5) is 0 Å². The summed E-state index contributed by atoms with van der Waals surface area (Å²) in [6.07, 6.45) is 3.51. The lowest BCUT2D eigenvalue weighted by atomic mass is 10.2. The van der Waals surface area contributed by atoms with Gasteiger partial charge in [-0.1, -0.05) is 42.1 Å². The van der Waals surface area contributed by atoms with Crippen LogP contribution in [-0.4, -0.2) is 21.3 Å². The first-order valence-corrected chi connectivity index (χ1v) is 6.12. The van der Waals surface area contributed by atoms with Gasteiger partial charge in [0.1, 0.15) is 0 Å². The van der Waals surface area contributed by atoms with Crippen LogP contribution in [-0.2, 0) is 11.3 Å². The topological polar surface area (TPSA) is 57.9 Å². The molecule has 0 bridgehead atoms. The molecule has 1 heterocycles. The van der Waals surface area contributed by atoms with E-state index >= 15 is 0 Å². The van der Waals surface area contributed by atoms with Gasteiger partial charge >= 0.3 is 0 Å². The van der Waals surface area contributed by atoms with Gasteiger partial charge in [0.25, 0.3) is 0 Å². The Hall–Kier alpha value is -1.75. The van der Waals surface area contributed by atoms with E-state index in [1.807, 2.05) is 41.1 Å². The Labute approximate surface area is 103 Å². The zero-order chi connectivity index (χ0) is 12.1. The van der Waals surface area contributed by atoms with E-state index in [4.69, 9.17) is 0 Å². The Bertz CT molecular complexity index is 496. The van der Waals surface area contributed by atoms with Crippen LogP contribution in [0.5, 0.6) is 0 Å². The molecule has 0 unspecified atom stereocenters. The summed E-state index contributed by atoms with van der Waals surface area (Å²) >= 11 is 1.17. The molecule has 1 aromatic carbocycles. The molecule has 0 amide bonds. The van der Waals surface area contributed by atoms with Gasteiger partial charge in [0.2, 0.25) is 0 Å². The fourth-order valence-electron chi connectivity index (χ4n) is 1.46. The SMILES string of the molecule is O=C([O-])CSc1nccn1Cc1ccccc1. The van der Waals surface area contributed by atoms with Crippen LogP contribution in [0, 0.1) is 0 Å². The monoisotopic (exact) mass is 247 g/mol. The first-order chi connectivity index (χ1) is 8.25. The van der Waals surface area contributed by atoms with Gasteiger partial charge in [0, 0.05) is 24.7 Å². The van der Waals surface area contributed by atoms with E-state index < -0.39 is 5.97 Å². The van der Waals surface area contributed by atoms with Gasteiger partial charge in [-0.3, -0.25) is 0 Å². The number of carboxylic acids is 1. The molecule has 1 aromatic heterocycles. The highest BCUT2D eigenvalue weighted by Gasteiger charge is 2.03. The third-order valence-electron chi connectivity index (χ3n) is 2.19. The normalized spacial score (nSPS) is 10.4. The maximum Gasteiger partial charge on any atom is 0.168 e. The first-order valence-electron chi connectivity index (χ1n) is 5.13. The van der Waals surface area contributed by atoms with Crippen LogP contribution in [0.1, 0.15) is 5.56 Å². The van der Waals surface area contributed by atoms with Crippen molar-refractivity contribution in [2.24, 2.45) is 0 Å². The summed E-state index contributed by atoms with van der Waals surface area (Å²) in [7, 11) is 0. The highest BCUT2D eigenvalue weighted by Crippen LogP contribution is 2.16. The Morgan fingerprint density at radius 1 is 1.35 bits per heavy atom. The molecule has 0 saturated heterocycles. The van der Waals surface area contributed by atoms with E-state index in [1.54, 1.807) is 6.20 Å². The van der Waals surface area contributed by atoms with Crippen molar-refractivity contribution in [2.45, 2.75) is 11.7 Å². The number of carboxylic acid groups (broad SMARTS) is 1. The lowest BCUT2D eigenvalue weighted by molar-refractivity contribution is -0.301. The quantitative estimate of drug-likeness (QED) is 0.732. The molecule has 0 aliphatic heterocycles. The lowest BCUT2D eigenvalue weighted by Crippen LogP contribution is -2.24. The zero-order valence-electron chi connectivity index (χ0n) is 9.07. The molecule has 17 heavy (non-hydrogen) atoms. The number of nitrogens with zero attached hydrogens (tertiary/aromatic N) is 2. The maximum atomic E-state index is 10.4. The van der Waals surface area contributed by atoms with Gasteiger partial charge < -0.3 is 14.5 Å². The Morgan fingerprint density at radius 2 is 2.12 bits per heavy atom. The van der Waals surface area contributed by atoms with Crippen molar-refractivity contribution >= 4 is 17.7 Å². The van der Waals surface area contributed by atoms with Crippen molar-refractivity contribution < 1.29 is 9.90 Å². The summed E-state index contributed by atoms with van der Waals surface area (Å²) in [6, 6.07) is 9.95. The fraction of sp³-hybridized carbons (Fsp3) is 0.167. The van der Waals surface area contributed by atoms with Crippen molar-refractivity contribution in [3.8, 4) is 0 Å². The van der Waals surface area contributed by atoms with Gasteiger partial charge in [-0.25, -0.2) is 4.98 Å². The Morgan fingerprint density at radius 3 is 2.82 bits per heavy atom. The second kappa shape index (κ2) is 5.54. The maximum absolute atomic E-state index is 10.4. The lowest BCUT2D eigenvalue weighted by Gasteiger charge is -2.07. The molecule has 5 heteroatoms. The van der Waals surface area contributed by atoms with Crippen molar-refractivity contribution in [3.05, 3.63) is 48.3 Å². The average molecular weight is 247 g/mol.